The van der Waals surface area contributed by atoms with E-state index in [1.807, 2.05) is 36.9 Å². The number of hydrogen-bond donors (Lipinski definition) is 3. The fraction of sp³-hybridized carbons (Fsp3) is 0.514. The van der Waals surface area contributed by atoms with Gasteiger partial charge in [-0.25, -0.2) is 0 Å². The Kier molecular flexibility index (Phi) is 15.2. The van der Waals surface area contributed by atoms with Gasteiger partial charge in [0, 0.05) is 68.3 Å². The molecule has 46 heavy (non-hydrogen) atoms. The fourth-order valence-corrected chi connectivity index (χ4v) is 6.60. The minimum Gasteiger partial charge on any atom is -0.481 e. The van der Waals surface area contributed by atoms with Gasteiger partial charge >= 0.3 is 11.9 Å². The van der Waals surface area contributed by atoms with Crippen LogP contribution in [0.2, 0.25) is 0 Å². The van der Waals surface area contributed by atoms with Gasteiger partial charge in [-0.3, -0.25) is 39.2 Å². The zero-order chi connectivity index (χ0) is 32.0. The van der Waals surface area contributed by atoms with E-state index in [-0.39, 0.29) is 19.0 Å². The Labute approximate surface area is 273 Å². The Hall–Kier alpha value is -3.77. The third-order valence-electron chi connectivity index (χ3n) is 8.98. The largest absolute Gasteiger partial charge is 0.481 e. The first kappa shape index (κ1) is 36.7. The minimum atomic E-state index is -0.756. The van der Waals surface area contributed by atoms with Gasteiger partial charge in [0.2, 0.25) is 0 Å². The molecule has 0 bridgehead atoms. The standard InChI is InChI=1S/C13H18N2O2.C12H16N2O2.C10H14N2.H3N/c1-15-6-2-3-12(15)11-7-10(8-14-9-11)4-5-13(16)17;15-12(16)5-8-14-7-2-4-11(14)10-3-1-6-13-9-10;1-12-7-3-5-10(12)9-4-2-6-11-8-9;/h7-9,12H,2-6H2,1H3,(H,16,17);1,3,6,9,11H,2,4-5,7-8H2,(H,15,16);2,4,6,8,10H,3,5,7H2,1H3;1H3. The van der Waals surface area contributed by atoms with Crippen molar-refractivity contribution >= 4 is 11.9 Å². The second-order valence-corrected chi connectivity index (χ2v) is 12.2. The molecule has 3 aromatic rings. The Morgan fingerprint density at radius 3 is 1.76 bits per heavy atom. The van der Waals surface area contributed by atoms with Crippen molar-refractivity contribution in [2.45, 2.75) is 75.9 Å². The Morgan fingerprint density at radius 2 is 1.24 bits per heavy atom. The number of hydrogen-bond acceptors (Lipinski definition) is 9. The summed E-state index contributed by atoms with van der Waals surface area (Å²) in [5, 5.41) is 17.4. The summed E-state index contributed by atoms with van der Waals surface area (Å²) in [5.41, 5.74) is 4.79. The molecule has 0 saturated carbocycles. The predicted octanol–water partition coefficient (Wildman–Crippen LogP) is 5.57. The molecule has 11 nitrogen and oxygen atoms in total. The van der Waals surface area contributed by atoms with Crippen LogP contribution in [-0.2, 0) is 16.0 Å². The smallest absolute Gasteiger partial charge is 0.304 e. The molecule has 0 aliphatic carbocycles. The van der Waals surface area contributed by atoms with E-state index in [0.717, 1.165) is 31.5 Å². The predicted molar refractivity (Wildman–Crippen MR) is 179 cm³/mol. The van der Waals surface area contributed by atoms with Gasteiger partial charge in [-0.2, -0.15) is 0 Å². The summed E-state index contributed by atoms with van der Waals surface area (Å²) in [4.78, 5) is 40.5. The molecule has 3 aromatic heterocycles. The summed E-state index contributed by atoms with van der Waals surface area (Å²) >= 11 is 0. The summed E-state index contributed by atoms with van der Waals surface area (Å²) in [6.45, 7) is 3.98. The van der Waals surface area contributed by atoms with Crippen LogP contribution >= 0.6 is 0 Å². The van der Waals surface area contributed by atoms with Crippen LogP contribution in [0.15, 0.2) is 67.5 Å². The number of carboxylic acids is 2. The van der Waals surface area contributed by atoms with Crippen LogP contribution < -0.4 is 6.15 Å². The molecule has 6 heterocycles. The van der Waals surface area contributed by atoms with Gasteiger partial charge in [-0.05, 0) is 113 Å². The van der Waals surface area contributed by atoms with Crippen molar-refractivity contribution in [2.75, 3.05) is 40.3 Å². The molecule has 3 fully saturated rings. The van der Waals surface area contributed by atoms with Gasteiger partial charge < -0.3 is 16.4 Å². The number of pyridine rings is 3. The number of carbonyl (C=O) groups is 2. The van der Waals surface area contributed by atoms with E-state index < -0.39 is 11.9 Å². The molecule has 3 aliphatic rings. The average molecular weight is 634 g/mol. The zero-order valence-corrected chi connectivity index (χ0v) is 27.4. The van der Waals surface area contributed by atoms with Crippen LogP contribution in [-0.4, -0.2) is 92.1 Å². The molecule has 3 unspecified atom stereocenters. The van der Waals surface area contributed by atoms with Crippen LogP contribution in [0.1, 0.15) is 91.7 Å². The Balaban J connectivity index is 0.000000188. The first-order valence-electron chi connectivity index (χ1n) is 16.1. The highest BCUT2D eigenvalue weighted by molar-refractivity contribution is 5.67. The van der Waals surface area contributed by atoms with Gasteiger partial charge in [-0.15, -0.1) is 0 Å². The van der Waals surface area contributed by atoms with E-state index in [2.05, 4.69) is 61.9 Å². The Morgan fingerprint density at radius 1 is 0.717 bits per heavy atom. The number of likely N-dealkylation sites (tertiary alicyclic amines) is 3. The highest BCUT2D eigenvalue weighted by Crippen LogP contribution is 2.32. The van der Waals surface area contributed by atoms with E-state index in [1.54, 1.807) is 12.4 Å². The van der Waals surface area contributed by atoms with Crippen molar-refractivity contribution in [2.24, 2.45) is 0 Å². The Bertz CT molecular complexity index is 1330. The maximum absolute atomic E-state index is 10.6. The highest BCUT2D eigenvalue weighted by atomic mass is 16.4. The van der Waals surface area contributed by atoms with E-state index in [4.69, 9.17) is 10.2 Å². The second kappa shape index (κ2) is 19.0. The normalized spacial score (nSPS) is 21.4. The molecule has 3 atom stereocenters. The molecule has 250 valence electrons. The molecule has 3 saturated heterocycles. The van der Waals surface area contributed by atoms with Gasteiger partial charge in [0.15, 0.2) is 0 Å². The molecule has 5 N–H and O–H groups in total. The van der Waals surface area contributed by atoms with Crippen molar-refractivity contribution in [1.29, 1.82) is 0 Å². The van der Waals surface area contributed by atoms with Gasteiger partial charge in [0.05, 0.1) is 6.42 Å². The summed E-state index contributed by atoms with van der Waals surface area (Å²) in [6, 6.07) is 11.7. The third-order valence-corrected chi connectivity index (χ3v) is 8.98. The maximum atomic E-state index is 10.6. The summed E-state index contributed by atoms with van der Waals surface area (Å²) in [7, 11) is 4.31. The number of aliphatic carboxylic acids is 2. The molecule has 3 aliphatic heterocycles. The fourth-order valence-electron chi connectivity index (χ4n) is 6.60. The number of nitrogens with zero attached hydrogens (tertiary/aromatic N) is 6. The summed E-state index contributed by atoms with van der Waals surface area (Å²) in [6.07, 6.45) is 19.3. The molecule has 0 radical (unpaired) electrons. The van der Waals surface area contributed by atoms with Gasteiger partial charge in [-0.1, -0.05) is 18.2 Å². The monoisotopic (exact) mass is 633 g/mol. The lowest BCUT2D eigenvalue weighted by Gasteiger charge is -2.23. The molecular weight excluding hydrogens is 582 g/mol. The second-order valence-electron chi connectivity index (χ2n) is 12.2. The first-order valence-corrected chi connectivity index (χ1v) is 16.1. The molecule has 0 spiro atoms. The third kappa shape index (κ3) is 11.2. The van der Waals surface area contributed by atoms with Crippen molar-refractivity contribution in [3.63, 3.8) is 0 Å². The first-order chi connectivity index (χ1) is 21.8. The van der Waals surface area contributed by atoms with Crippen LogP contribution in [0, 0.1) is 0 Å². The summed E-state index contributed by atoms with van der Waals surface area (Å²) < 4.78 is 0. The molecular formula is C35H51N7O4. The molecule has 0 amide bonds. The van der Waals surface area contributed by atoms with Crippen molar-refractivity contribution in [3.8, 4) is 0 Å². The van der Waals surface area contributed by atoms with E-state index in [0.29, 0.717) is 31.1 Å². The van der Waals surface area contributed by atoms with Crippen molar-refractivity contribution in [3.05, 3.63) is 89.8 Å². The lowest BCUT2D eigenvalue weighted by atomic mass is 10.0. The van der Waals surface area contributed by atoms with Gasteiger partial charge in [0.1, 0.15) is 0 Å². The van der Waals surface area contributed by atoms with Crippen LogP contribution in [0.25, 0.3) is 0 Å². The van der Waals surface area contributed by atoms with Crippen LogP contribution in [0.5, 0.6) is 0 Å². The molecule has 11 heteroatoms. The van der Waals surface area contributed by atoms with Crippen molar-refractivity contribution < 1.29 is 19.8 Å². The maximum Gasteiger partial charge on any atom is 0.304 e. The molecule has 0 aromatic carbocycles. The number of carboxylic acid groups (broad SMARTS) is 2. The average Bonchev–Trinajstić information content (AvgIpc) is 3.82. The minimum absolute atomic E-state index is 0. The lowest BCUT2D eigenvalue weighted by Crippen LogP contribution is -2.26. The lowest BCUT2D eigenvalue weighted by molar-refractivity contribution is -0.138. The SMILES string of the molecule is CN1CCCC1c1cccnc1.CN1CCCC1c1cncc(CCC(=O)O)c1.N.O=C(O)CCN1CCCC1c1cccnc1. The van der Waals surface area contributed by atoms with E-state index >= 15 is 0 Å². The van der Waals surface area contributed by atoms with Gasteiger partial charge in [0.25, 0.3) is 0 Å². The molecule has 6 rings (SSSR count). The number of aryl methyl sites for hydroxylation is 1. The summed E-state index contributed by atoms with van der Waals surface area (Å²) in [5.74, 6) is -1.48. The van der Waals surface area contributed by atoms with E-state index in [1.165, 1.54) is 48.9 Å². The number of rotatable bonds is 9. The van der Waals surface area contributed by atoms with Crippen molar-refractivity contribution in [1.82, 2.24) is 35.8 Å². The van der Waals surface area contributed by atoms with Crippen LogP contribution in [0.3, 0.4) is 0 Å². The van der Waals surface area contributed by atoms with Crippen LogP contribution in [0.4, 0.5) is 0 Å². The quantitative estimate of drug-likeness (QED) is 0.271. The topological polar surface area (TPSA) is 158 Å². The highest BCUT2D eigenvalue weighted by Gasteiger charge is 2.26. The zero-order valence-electron chi connectivity index (χ0n) is 27.4. The van der Waals surface area contributed by atoms with E-state index in [9.17, 15) is 9.59 Å². The number of aromatic nitrogens is 3.